The minimum Gasteiger partial charge on any atom is -0.493 e. The second-order valence-electron chi connectivity index (χ2n) is 5.15. The van der Waals surface area contributed by atoms with Gasteiger partial charge in [0.05, 0.1) is 17.8 Å². The molecule has 0 radical (unpaired) electrons. The average Bonchev–Trinajstić information content (AvgIpc) is 2.67. The quantitative estimate of drug-likeness (QED) is 0.772. The summed E-state index contributed by atoms with van der Waals surface area (Å²) >= 11 is 2.28. The van der Waals surface area contributed by atoms with E-state index in [1.807, 2.05) is 0 Å². The molecule has 1 aromatic rings. The molecule has 20 heavy (non-hydrogen) atoms. The van der Waals surface area contributed by atoms with Gasteiger partial charge in [0.15, 0.2) is 11.5 Å². The van der Waals surface area contributed by atoms with Crippen LogP contribution in [-0.4, -0.2) is 38.3 Å². The first-order chi connectivity index (χ1) is 9.05. The highest BCUT2D eigenvalue weighted by molar-refractivity contribution is 14.1. The Morgan fingerprint density at radius 2 is 2.00 bits per heavy atom. The van der Waals surface area contributed by atoms with E-state index in [2.05, 4.69) is 46.5 Å². The largest absolute Gasteiger partial charge is 0.493 e. The Bertz CT molecular complexity index is 449. The van der Waals surface area contributed by atoms with Gasteiger partial charge in [-0.25, -0.2) is 0 Å². The molecule has 2 atom stereocenters. The maximum absolute atomic E-state index is 6.07. The van der Waals surface area contributed by atoms with E-state index in [0.717, 1.165) is 34.7 Å². The Hall–Kier alpha value is -0.240. The number of hydrogen-bond acceptors (Lipinski definition) is 4. The molecule has 0 bridgehead atoms. The summed E-state index contributed by atoms with van der Waals surface area (Å²) in [7, 11) is 3.34. The van der Waals surface area contributed by atoms with Gasteiger partial charge in [0.1, 0.15) is 0 Å². The lowest BCUT2D eigenvalue weighted by atomic mass is 10.1. The smallest absolute Gasteiger partial charge is 0.174 e. The van der Waals surface area contributed by atoms with Gasteiger partial charge < -0.3 is 15.2 Å². The van der Waals surface area contributed by atoms with Gasteiger partial charge in [0.2, 0.25) is 0 Å². The topological polar surface area (TPSA) is 47.7 Å². The molecule has 2 unspecified atom stereocenters. The predicted molar refractivity (Wildman–Crippen MR) is 91.9 cm³/mol. The number of nitrogens with zero attached hydrogens (tertiary/aromatic N) is 1. The molecule has 1 fully saturated rings. The Morgan fingerprint density at radius 3 is 2.50 bits per heavy atom. The third-order valence-corrected chi connectivity index (χ3v) is 4.45. The van der Waals surface area contributed by atoms with Crippen molar-refractivity contribution in [3.63, 3.8) is 0 Å². The summed E-state index contributed by atoms with van der Waals surface area (Å²) in [6.45, 7) is 5.15. The van der Waals surface area contributed by atoms with Gasteiger partial charge in [-0.3, -0.25) is 4.90 Å². The van der Waals surface area contributed by atoms with Crippen molar-refractivity contribution >= 4 is 35.0 Å². The SMILES string of the molecule is COc1cc(CN2CC(C)C(N)C2)cc(I)c1OC.Cl. The minimum absolute atomic E-state index is 0. The first-order valence-electron chi connectivity index (χ1n) is 6.43. The maximum Gasteiger partial charge on any atom is 0.174 e. The van der Waals surface area contributed by atoms with Crippen LogP contribution in [0.4, 0.5) is 0 Å². The molecule has 4 nitrogen and oxygen atoms in total. The van der Waals surface area contributed by atoms with Crippen molar-refractivity contribution in [1.82, 2.24) is 4.90 Å². The zero-order valence-corrected chi connectivity index (χ0v) is 15.0. The van der Waals surface area contributed by atoms with Crippen LogP contribution in [0.1, 0.15) is 12.5 Å². The van der Waals surface area contributed by atoms with E-state index >= 15 is 0 Å². The van der Waals surface area contributed by atoms with Gasteiger partial charge in [-0.15, -0.1) is 12.4 Å². The van der Waals surface area contributed by atoms with Gasteiger partial charge in [-0.05, 0) is 46.2 Å². The van der Waals surface area contributed by atoms with Crippen LogP contribution in [0.3, 0.4) is 0 Å². The number of benzene rings is 1. The van der Waals surface area contributed by atoms with Crippen molar-refractivity contribution in [2.45, 2.75) is 19.5 Å². The fraction of sp³-hybridized carbons (Fsp3) is 0.571. The van der Waals surface area contributed by atoms with E-state index in [-0.39, 0.29) is 12.4 Å². The maximum atomic E-state index is 6.07. The molecule has 0 aliphatic carbocycles. The second kappa shape index (κ2) is 7.68. The molecule has 0 spiro atoms. The number of halogens is 2. The first kappa shape index (κ1) is 17.8. The molecule has 1 aromatic carbocycles. The number of likely N-dealkylation sites (tertiary alicyclic amines) is 1. The highest BCUT2D eigenvalue weighted by atomic mass is 127. The van der Waals surface area contributed by atoms with E-state index in [4.69, 9.17) is 15.2 Å². The lowest BCUT2D eigenvalue weighted by molar-refractivity contribution is 0.316. The monoisotopic (exact) mass is 412 g/mol. The molecule has 0 saturated carbocycles. The summed E-state index contributed by atoms with van der Waals surface area (Å²) in [5.41, 5.74) is 7.31. The molecule has 2 N–H and O–H groups in total. The summed E-state index contributed by atoms with van der Waals surface area (Å²) in [5.74, 6) is 2.17. The van der Waals surface area contributed by atoms with E-state index in [0.29, 0.717) is 12.0 Å². The molecule has 0 aromatic heterocycles. The number of hydrogen-bond donors (Lipinski definition) is 1. The minimum atomic E-state index is 0. The van der Waals surface area contributed by atoms with Crippen LogP contribution in [0.25, 0.3) is 0 Å². The zero-order chi connectivity index (χ0) is 14.0. The molecule has 1 aliphatic rings. The van der Waals surface area contributed by atoms with Gasteiger partial charge in [-0.2, -0.15) is 0 Å². The van der Waals surface area contributed by atoms with E-state index in [9.17, 15) is 0 Å². The fourth-order valence-corrected chi connectivity index (χ4v) is 3.43. The molecule has 114 valence electrons. The van der Waals surface area contributed by atoms with Crippen LogP contribution in [0.2, 0.25) is 0 Å². The number of ether oxygens (including phenoxy) is 2. The van der Waals surface area contributed by atoms with Crippen molar-refractivity contribution in [3.05, 3.63) is 21.3 Å². The van der Waals surface area contributed by atoms with Gasteiger partial charge in [0, 0.05) is 25.7 Å². The third-order valence-electron chi connectivity index (χ3n) is 3.65. The van der Waals surface area contributed by atoms with Crippen LogP contribution in [0.5, 0.6) is 11.5 Å². The van der Waals surface area contributed by atoms with Crippen LogP contribution < -0.4 is 15.2 Å². The third kappa shape index (κ3) is 3.90. The normalized spacial score (nSPS) is 22.4. The molecule has 1 aliphatic heterocycles. The molecule has 0 amide bonds. The highest BCUT2D eigenvalue weighted by Gasteiger charge is 2.26. The van der Waals surface area contributed by atoms with Crippen LogP contribution in [0, 0.1) is 9.49 Å². The van der Waals surface area contributed by atoms with Crippen molar-refractivity contribution < 1.29 is 9.47 Å². The zero-order valence-electron chi connectivity index (χ0n) is 12.1. The van der Waals surface area contributed by atoms with Crippen molar-refractivity contribution in [2.75, 3.05) is 27.3 Å². The predicted octanol–water partition coefficient (Wildman–Crippen LogP) is 2.51. The summed E-state index contributed by atoms with van der Waals surface area (Å²) in [4.78, 5) is 2.40. The van der Waals surface area contributed by atoms with Crippen molar-refractivity contribution in [2.24, 2.45) is 11.7 Å². The Kier molecular flexibility index (Phi) is 6.84. The lowest BCUT2D eigenvalue weighted by Crippen LogP contribution is -2.28. The molecular weight excluding hydrogens is 391 g/mol. The van der Waals surface area contributed by atoms with Crippen LogP contribution >= 0.6 is 35.0 Å². The second-order valence-corrected chi connectivity index (χ2v) is 6.31. The van der Waals surface area contributed by atoms with Crippen LogP contribution in [-0.2, 0) is 6.54 Å². The Balaban J connectivity index is 0.00000200. The van der Waals surface area contributed by atoms with E-state index < -0.39 is 0 Å². The average molecular weight is 413 g/mol. The van der Waals surface area contributed by atoms with Gasteiger partial charge >= 0.3 is 0 Å². The Labute approximate surface area is 140 Å². The van der Waals surface area contributed by atoms with Crippen molar-refractivity contribution in [3.8, 4) is 11.5 Å². The number of methoxy groups -OCH3 is 2. The fourth-order valence-electron chi connectivity index (χ4n) is 2.55. The molecule has 1 saturated heterocycles. The highest BCUT2D eigenvalue weighted by Crippen LogP contribution is 2.34. The first-order valence-corrected chi connectivity index (χ1v) is 7.51. The van der Waals surface area contributed by atoms with Crippen LogP contribution in [0.15, 0.2) is 12.1 Å². The molecule has 1 heterocycles. The molecule has 2 rings (SSSR count). The standard InChI is InChI=1S/C14H21IN2O2.ClH/c1-9-6-17(8-12(9)16)7-10-4-11(15)14(19-3)13(5-10)18-2;/h4-5,9,12H,6-8,16H2,1-3H3;1H. The summed E-state index contributed by atoms with van der Waals surface area (Å²) in [5, 5.41) is 0. The number of rotatable bonds is 4. The molecule has 6 heteroatoms. The Morgan fingerprint density at radius 1 is 1.30 bits per heavy atom. The van der Waals surface area contributed by atoms with Gasteiger partial charge in [0.25, 0.3) is 0 Å². The van der Waals surface area contributed by atoms with E-state index in [1.165, 1.54) is 5.56 Å². The molecular formula is C14H22ClIN2O2. The summed E-state index contributed by atoms with van der Waals surface area (Å²) < 4.78 is 11.8. The summed E-state index contributed by atoms with van der Waals surface area (Å²) in [6, 6.07) is 4.49. The van der Waals surface area contributed by atoms with Gasteiger partial charge in [-0.1, -0.05) is 6.92 Å². The van der Waals surface area contributed by atoms with E-state index in [1.54, 1.807) is 14.2 Å². The number of nitrogens with two attached hydrogens (primary N) is 1. The lowest BCUT2D eigenvalue weighted by Gasteiger charge is -2.17. The van der Waals surface area contributed by atoms with Crippen molar-refractivity contribution in [1.29, 1.82) is 0 Å². The summed E-state index contributed by atoms with van der Waals surface area (Å²) in [6.07, 6.45) is 0.